The van der Waals surface area contributed by atoms with Crippen molar-refractivity contribution in [3.8, 4) is 0 Å². The number of nitrogens with zero attached hydrogens (tertiary/aromatic N) is 2. The molecule has 5 heteroatoms. The fraction of sp³-hybridized carbons (Fsp3) is 0.429. The molecule has 1 saturated heterocycles. The van der Waals surface area contributed by atoms with Gasteiger partial charge < -0.3 is 15.5 Å². The molecular weight excluding hydrogens is 324 g/mol. The highest BCUT2D eigenvalue weighted by atomic mass is 16.1. The molecule has 0 spiro atoms. The van der Waals surface area contributed by atoms with E-state index in [1.54, 1.807) is 6.20 Å². The molecule has 1 aliphatic heterocycles. The maximum Gasteiger partial charge on any atom is 0.274 e. The Kier molecular flexibility index (Phi) is 4.78. The maximum atomic E-state index is 12.5. The van der Waals surface area contributed by atoms with E-state index in [2.05, 4.69) is 39.6 Å². The molecule has 2 fully saturated rings. The zero-order chi connectivity index (χ0) is 17.9. The Bertz CT molecular complexity index is 762. The van der Waals surface area contributed by atoms with Crippen LogP contribution in [0.25, 0.3) is 0 Å². The highest BCUT2D eigenvalue weighted by molar-refractivity contribution is 6.03. The van der Waals surface area contributed by atoms with Crippen molar-refractivity contribution < 1.29 is 4.79 Å². The molecule has 5 nitrogen and oxygen atoms in total. The number of hydrogen-bond acceptors (Lipinski definition) is 4. The van der Waals surface area contributed by atoms with E-state index in [-0.39, 0.29) is 5.91 Å². The van der Waals surface area contributed by atoms with Crippen LogP contribution in [0.1, 0.15) is 43.1 Å². The third kappa shape index (κ3) is 4.15. The minimum absolute atomic E-state index is 0.177. The second-order valence-electron chi connectivity index (χ2n) is 7.52. The topological polar surface area (TPSA) is 57.3 Å². The Hall–Kier alpha value is -2.56. The zero-order valence-corrected chi connectivity index (χ0v) is 15.2. The summed E-state index contributed by atoms with van der Waals surface area (Å²) in [6.07, 6.45) is 6.57. The monoisotopic (exact) mass is 350 g/mol. The number of carbonyl (C=O) groups excluding carboxylic acids is 1. The average molecular weight is 350 g/mol. The van der Waals surface area contributed by atoms with Crippen molar-refractivity contribution in [2.45, 2.75) is 38.6 Å². The van der Waals surface area contributed by atoms with Crippen molar-refractivity contribution in [3.63, 3.8) is 0 Å². The van der Waals surface area contributed by atoms with Crippen LogP contribution in [0, 0.1) is 5.92 Å². The Morgan fingerprint density at radius 1 is 1.04 bits per heavy atom. The van der Waals surface area contributed by atoms with Gasteiger partial charge in [0.15, 0.2) is 0 Å². The average Bonchev–Trinajstić information content (AvgIpc) is 3.47. The number of piperidine rings is 1. The van der Waals surface area contributed by atoms with Gasteiger partial charge in [-0.2, -0.15) is 0 Å². The van der Waals surface area contributed by atoms with Crippen molar-refractivity contribution in [1.29, 1.82) is 0 Å². The molecule has 1 aromatic heterocycles. The van der Waals surface area contributed by atoms with Crippen LogP contribution in [0.5, 0.6) is 0 Å². The highest BCUT2D eigenvalue weighted by Crippen LogP contribution is 2.26. The molecule has 2 N–H and O–H groups in total. The lowest BCUT2D eigenvalue weighted by molar-refractivity contribution is 0.102. The number of benzene rings is 1. The minimum atomic E-state index is -0.177. The first-order chi connectivity index (χ1) is 12.7. The van der Waals surface area contributed by atoms with Crippen molar-refractivity contribution in [1.82, 2.24) is 4.98 Å². The molecule has 1 aromatic carbocycles. The van der Waals surface area contributed by atoms with Crippen molar-refractivity contribution in [3.05, 3.63) is 48.3 Å². The molecule has 26 heavy (non-hydrogen) atoms. The summed E-state index contributed by atoms with van der Waals surface area (Å²) in [5.41, 5.74) is 3.42. The lowest BCUT2D eigenvalue weighted by Crippen LogP contribution is -2.32. The first-order valence-corrected chi connectivity index (χ1v) is 9.56. The molecule has 0 radical (unpaired) electrons. The van der Waals surface area contributed by atoms with Gasteiger partial charge in [-0.25, -0.2) is 0 Å². The summed E-state index contributed by atoms with van der Waals surface area (Å²) in [5.74, 6) is 0.645. The predicted octanol–water partition coefficient (Wildman–Crippen LogP) is 4.14. The highest BCUT2D eigenvalue weighted by Gasteiger charge is 2.21. The molecule has 4 rings (SSSR count). The SMILES string of the molecule is CC1CCN(c2ccc(NC(=O)c3cc(NC4CC4)ccn3)cc2)CC1. The van der Waals surface area contributed by atoms with Gasteiger partial charge in [0.2, 0.25) is 0 Å². The largest absolute Gasteiger partial charge is 0.382 e. The Labute approximate surface area is 154 Å². The number of rotatable bonds is 5. The van der Waals surface area contributed by atoms with Crippen LogP contribution < -0.4 is 15.5 Å². The summed E-state index contributed by atoms with van der Waals surface area (Å²) < 4.78 is 0. The van der Waals surface area contributed by atoms with Gasteiger partial charge in [-0.3, -0.25) is 9.78 Å². The van der Waals surface area contributed by atoms with E-state index in [1.165, 1.54) is 31.4 Å². The molecule has 2 aromatic rings. The molecule has 2 heterocycles. The molecule has 0 unspecified atom stereocenters. The van der Waals surface area contributed by atoms with E-state index in [1.807, 2.05) is 24.3 Å². The van der Waals surface area contributed by atoms with Crippen LogP contribution in [0.3, 0.4) is 0 Å². The van der Waals surface area contributed by atoms with E-state index in [0.717, 1.165) is 30.4 Å². The van der Waals surface area contributed by atoms with Crippen molar-refractivity contribution in [2.24, 2.45) is 5.92 Å². The first-order valence-electron chi connectivity index (χ1n) is 9.56. The third-order valence-corrected chi connectivity index (χ3v) is 5.21. The predicted molar refractivity (Wildman–Crippen MR) is 106 cm³/mol. The number of anilines is 3. The smallest absolute Gasteiger partial charge is 0.274 e. The maximum absolute atomic E-state index is 12.5. The van der Waals surface area contributed by atoms with E-state index < -0.39 is 0 Å². The molecule has 1 saturated carbocycles. The van der Waals surface area contributed by atoms with E-state index in [0.29, 0.717) is 11.7 Å². The first kappa shape index (κ1) is 16.9. The van der Waals surface area contributed by atoms with Crippen LogP contribution in [-0.2, 0) is 0 Å². The molecule has 1 amide bonds. The standard InChI is InChI=1S/C21H26N4O/c1-15-9-12-25(13-10-15)19-6-4-17(5-7-19)24-21(26)20-14-18(8-11-22-20)23-16-2-3-16/h4-8,11,14-16H,2-3,9-10,12-13H2,1H3,(H,22,23)(H,24,26). The zero-order valence-electron chi connectivity index (χ0n) is 15.2. The van der Waals surface area contributed by atoms with Gasteiger partial charge >= 0.3 is 0 Å². The van der Waals surface area contributed by atoms with Crippen molar-refractivity contribution >= 4 is 23.0 Å². The second kappa shape index (κ2) is 7.36. The number of carbonyl (C=O) groups is 1. The summed E-state index contributed by atoms with van der Waals surface area (Å²) in [5, 5.41) is 6.34. The van der Waals surface area contributed by atoms with Gasteiger partial charge in [-0.15, -0.1) is 0 Å². The lowest BCUT2D eigenvalue weighted by atomic mass is 9.99. The Morgan fingerprint density at radius 3 is 2.46 bits per heavy atom. The van der Waals surface area contributed by atoms with Gasteiger partial charge in [-0.05, 0) is 68.0 Å². The Balaban J connectivity index is 1.38. The number of pyridine rings is 1. The summed E-state index contributed by atoms with van der Waals surface area (Å²) >= 11 is 0. The van der Waals surface area contributed by atoms with Gasteiger partial charge in [0.1, 0.15) is 5.69 Å². The van der Waals surface area contributed by atoms with Crippen LogP contribution >= 0.6 is 0 Å². The summed E-state index contributed by atoms with van der Waals surface area (Å²) in [4.78, 5) is 19.1. The van der Waals surface area contributed by atoms with Crippen molar-refractivity contribution in [2.75, 3.05) is 28.6 Å². The summed E-state index contributed by atoms with van der Waals surface area (Å²) in [6.45, 7) is 4.54. The van der Waals surface area contributed by atoms with Crippen LogP contribution in [-0.4, -0.2) is 30.0 Å². The lowest BCUT2D eigenvalue weighted by Gasteiger charge is -2.32. The van der Waals surface area contributed by atoms with Gasteiger partial charge in [0.05, 0.1) is 0 Å². The van der Waals surface area contributed by atoms with E-state index in [9.17, 15) is 4.79 Å². The Morgan fingerprint density at radius 2 is 1.77 bits per heavy atom. The van der Waals surface area contributed by atoms with Gasteiger partial charge in [0, 0.05) is 42.4 Å². The number of nitrogens with one attached hydrogen (secondary N) is 2. The van der Waals surface area contributed by atoms with Crippen LogP contribution in [0.15, 0.2) is 42.6 Å². The molecule has 0 bridgehead atoms. The second-order valence-corrected chi connectivity index (χ2v) is 7.52. The number of aromatic nitrogens is 1. The molecule has 1 aliphatic carbocycles. The fourth-order valence-corrected chi connectivity index (χ4v) is 3.33. The molecular formula is C21H26N4O. The minimum Gasteiger partial charge on any atom is -0.382 e. The van der Waals surface area contributed by atoms with Crippen LogP contribution in [0.2, 0.25) is 0 Å². The molecule has 2 aliphatic rings. The summed E-state index contributed by atoms with van der Waals surface area (Å²) in [6, 6.07) is 12.4. The van der Waals surface area contributed by atoms with Crippen LogP contribution in [0.4, 0.5) is 17.1 Å². The molecule has 0 atom stereocenters. The summed E-state index contributed by atoms with van der Waals surface area (Å²) in [7, 11) is 0. The van der Waals surface area contributed by atoms with Gasteiger partial charge in [-0.1, -0.05) is 6.92 Å². The molecule has 136 valence electrons. The number of hydrogen-bond donors (Lipinski definition) is 2. The third-order valence-electron chi connectivity index (χ3n) is 5.21. The number of amides is 1. The van der Waals surface area contributed by atoms with Gasteiger partial charge in [0.25, 0.3) is 5.91 Å². The van der Waals surface area contributed by atoms with E-state index >= 15 is 0 Å². The van der Waals surface area contributed by atoms with E-state index in [4.69, 9.17) is 0 Å². The fourth-order valence-electron chi connectivity index (χ4n) is 3.33. The normalized spacial score (nSPS) is 17.8. The quantitative estimate of drug-likeness (QED) is 0.851.